The number of sulfone groups is 1. The van der Waals surface area contributed by atoms with Gasteiger partial charge in [-0.05, 0) is 26.5 Å². The Morgan fingerprint density at radius 3 is 2.38 bits per heavy atom. The summed E-state index contributed by atoms with van der Waals surface area (Å²) in [5.41, 5.74) is 0.501. The molecule has 0 saturated heterocycles. The molecule has 0 bridgehead atoms. The van der Waals surface area contributed by atoms with Crippen molar-refractivity contribution < 1.29 is 8.42 Å². The molecule has 0 aliphatic carbocycles. The van der Waals surface area contributed by atoms with Crippen molar-refractivity contribution in [1.29, 1.82) is 0 Å². The molecule has 2 atom stereocenters. The van der Waals surface area contributed by atoms with Crippen molar-refractivity contribution in [1.82, 2.24) is 9.80 Å². The highest BCUT2D eigenvalue weighted by Crippen LogP contribution is 2.25. The van der Waals surface area contributed by atoms with Gasteiger partial charge in [-0.1, -0.05) is 13.3 Å². The van der Waals surface area contributed by atoms with Crippen molar-refractivity contribution in [3.63, 3.8) is 0 Å². The predicted molar refractivity (Wildman–Crippen MR) is 66.6 cm³/mol. The predicted octanol–water partition coefficient (Wildman–Crippen LogP) is 1.26. The van der Waals surface area contributed by atoms with Crippen LogP contribution in [0.5, 0.6) is 0 Å². The molecule has 0 aromatic heterocycles. The van der Waals surface area contributed by atoms with E-state index in [0.29, 0.717) is 0 Å². The van der Waals surface area contributed by atoms with Crippen LogP contribution in [0.25, 0.3) is 0 Å². The van der Waals surface area contributed by atoms with Crippen LogP contribution in [0.15, 0.2) is 11.8 Å². The van der Waals surface area contributed by atoms with Crippen molar-refractivity contribution >= 4 is 9.84 Å². The average molecular weight is 246 g/mol. The zero-order valence-electron chi connectivity index (χ0n) is 10.8. The topological polar surface area (TPSA) is 40.6 Å². The molecule has 2 unspecified atom stereocenters. The molecule has 0 fully saturated rings. The van der Waals surface area contributed by atoms with Gasteiger partial charge in [0, 0.05) is 25.0 Å². The number of likely N-dealkylation sites (N-methyl/N-ethyl adjacent to an activating group) is 1. The van der Waals surface area contributed by atoms with Gasteiger partial charge in [0.25, 0.3) is 0 Å². The smallest absolute Gasteiger partial charge is 0.187 e. The Balaban J connectivity index is 3.08. The van der Waals surface area contributed by atoms with Crippen LogP contribution >= 0.6 is 0 Å². The van der Waals surface area contributed by atoms with Gasteiger partial charge in [0.15, 0.2) is 15.3 Å². The van der Waals surface area contributed by atoms with Gasteiger partial charge in [-0.25, -0.2) is 8.42 Å². The zero-order valence-corrected chi connectivity index (χ0v) is 11.6. The highest BCUT2D eigenvalue weighted by Gasteiger charge is 2.36. The third-order valence-electron chi connectivity index (χ3n) is 3.16. The molecular formula is C11H22N2O2S. The molecule has 1 rings (SSSR count). The van der Waals surface area contributed by atoms with E-state index in [4.69, 9.17) is 0 Å². The van der Waals surface area contributed by atoms with Crippen LogP contribution in [0.2, 0.25) is 0 Å². The van der Waals surface area contributed by atoms with Crippen molar-refractivity contribution in [2.24, 2.45) is 0 Å². The van der Waals surface area contributed by atoms with Crippen LogP contribution in [0.4, 0.5) is 0 Å². The van der Waals surface area contributed by atoms with Crippen molar-refractivity contribution in [2.75, 3.05) is 20.4 Å². The first kappa shape index (κ1) is 13.5. The first-order valence-electron chi connectivity index (χ1n) is 5.61. The lowest BCUT2D eigenvalue weighted by Crippen LogP contribution is -2.55. The van der Waals surface area contributed by atoms with Gasteiger partial charge < -0.3 is 4.90 Å². The molecule has 0 aromatic carbocycles. The summed E-state index contributed by atoms with van der Waals surface area (Å²) in [6.07, 6.45) is 5.49. The van der Waals surface area contributed by atoms with Gasteiger partial charge in [-0.3, -0.25) is 4.90 Å². The van der Waals surface area contributed by atoms with Gasteiger partial charge in [0.1, 0.15) is 0 Å². The number of rotatable bonds is 3. The van der Waals surface area contributed by atoms with E-state index >= 15 is 0 Å². The van der Waals surface area contributed by atoms with Crippen LogP contribution in [0.1, 0.15) is 26.7 Å². The van der Waals surface area contributed by atoms with E-state index in [1.54, 1.807) is 0 Å². The second-order valence-electron chi connectivity index (χ2n) is 4.60. The van der Waals surface area contributed by atoms with Gasteiger partial charge in [0.2, 0.25) is 0 Å². The molecule has 0 spiro atoms. The molecule has 0 saturated carbocycles. The fraction of sp³-hybridized carbons (Fsp3) is 0.818. The molecule has 4 nitrogen and oxygen atoms in total. The van der Waals surface area contributed by atoms with Crippen molar-refractivity contribution in [2.45, 2.75) is 38.2 Å². The van der Waals surface area contributed by atoms with E-state index in [1.807, 2.05) is 30.8 Å². The average Bonchev–Trinajstić information content (AvgIpc) is 2.12. The fourth-order valence-corrected chi connectivity index (χ4v) is 3.80. The Labute approximate surface area is 98.8 Å². The van der Waals surface area contributed by atoms with E-state index in [-0.39, 0.29) is 6.04 Å². The molecule has 0 N–H and O–H groups in total. The Morgan fingerprint density at radius 2 is 1.94 bits per heavy atom. The summed E-state index contributed by atoms with van der Waals surface area (Å²) < 4.78 is 23.6. The zero-order chi connectivity index (χ0) is 12.5. The normalized spacial score (nSPS) is 28.1. The Kier molecular flexibility index (Phi) is 4.02. The van der Waals surface area contributed by atoms with E-state index in [0.717, 1.165) is 18.5 Å². The highest BCUT2D eigenvalue weighted by molar-refractivity contribution is 7.91. The maximum atomic E-state index is 11.8. The minimum atomic E-state index is -3.10. The maximum absolute atomic E-state index is 11.8. The van der Waals surface area contributed by atoms with Crippen molar-refractivity contribution in [3.05, 3.63) is 11.8 Å². The molecule has 0 aromatic rings. The van der Waals surface area contributed by atoms with Gasteiger partial charge in [0.05, 0.1) is 0 Å². The molecule has 0 amide bonds. The third kappa shape index (κ3) is 2.58. The Bertz CT molecular complexity index is 375. The van der Waals surface area contributed by atoms with E-state index < -0.39 is 15.3 Å². The molecular weight excluding hydrogens is 224 g/mol. The second-order valence-corrected chi connectivity index (χ2v) is 6.68. The number of hydrogen-bond donors (Lipinski definition) is 0. The SMILES string of the molecule is CCCC1C=C(C)N(C)C(S(C)(=O)=O)N1C. The van der Waals surface area contributed by atoms with Gasteiger partial charge in [-0.2, -0.15) is 0 Å². The van der Waals surface area contributed by atoms with Gasteiger partial charge >= 0.3 is 0 Å². The Morgan fingerprint density at radius 1 is 1.38 bits per heavy atom. The monoisotopic (exact) mass is 246 g/mol. The first-order valence-corrected chi connectivity index (χ1v) is 7.56. The lowest BCUT2D eigenvalue weighted by Gasteiger charge is -2.43. The third-order valence-corrected chi connectivity index (χ3v) is 4.57. The Hall–Kier alpha value is -0.550. The molecule has 16 heavy (non-hydrogen) atoms. The van der Waals surface area contributed by atoms with Crippen LogP contribution < -0.4 is 0 Å². The number of hydrogen-bond acceptors (Lipinski definition) is 4. The van der Waals surface area contributed by atoms with Crippen LogP contribution in [-0.2, 0) is 9.84 Å². The van der Waals surface area contributed by atoms with Crippen molar-refractivity contribution in [3.8, 4) is 0 Å². The van der Waals surface area contributed by atoms with Gasteiger partial charge in [-0.15, -0.1) is 0 Å². The van der Waals surface area contributed by atoms with E-state index in [9.17, 15) is 8.42 Å². The van der Waals surface area contributed by atoms with Crippen LogP contribution in [-0.4, -0.2) is 50.1 Å². The fourth-order valence-electron chi connectivity index (χ4n) is 2.30. The molecule has 5 heteroatoms. The lowest BCUT2D eigenvalue weighted by atomic mass is 10.1. The summed E-state index contributed by atoms with van der Waals surface area (Å²) in [5, 5.41) is 0. The molecule has 1 heterocycles. The summed E-state index contributed by atoms with van der Waals surface area (Å²) in [7, 11) is 0.613. The molecule has 1 aliphatic heterocycles. The molecule has 1 aliphatic rings. The second kappa shape index (κ2) is 4.75. The molecule has 0 radical (unpaired) electrons. The van der Waals surface area contributed by atoms with E-state index in [2.05, 4.69) is 13.0 Å². The van der Waals surface area contributed by atoms with Crippen LogP contribution in [0, 0.1) is 0 Å². The number of allylic oxidation sites excluding steroid dienone is 1. The minimum absolute atomic E-state index is 0.223. The minimum Gasteiger partial charge on any atom is -0.350 e. The highest BCUT2D eigenvalue weighted by atomic mass is 32.2. The quantitative estimate of drug-likeness (QED) is 0.752. The standard InChI is InChI=1S/C11H22N2O2S/c1-6-7-10-8-9(2)12(3)11(13(10)4)16(5,14)15/h8,10-11H,6-7H2,1-5H3. The maximum Gasteiger partial charge on any atom is 0.187 e. The number of nitrogens with zero attached hydrogens (tertiary/aromatic N) is 2. The molecule has 94 valence electrons. The largest absolute Gasteiger partial charge is 0.350 e. The summed E-state index contributed by atoms with van der Waals surface area (Å²) in [4.78, 5) is 3.76. The first-order chi connectivity index (χ1) is 7.29. The lowest BCUT2D eigenvalue weighted by molar-refractivity contribution is 0.121. The summed E-state index contributed by atoms with van der Waals surface area (Å²) in [6, 6.07) is 0.223. The summed E-state index contributed by atoms with van der Waals surface area (Å²) >= 11 is 0. The van der Waals surface area contributed by atoms with E-state index in [1.165, 1.54) is 6.26 Å². The summed E-state index contributed by atoms with van der Waals surface area (Å²) in [5.74, 6) is 0. The summed E-state index contributed by atoms with van der Waals surface area (Å²) in [6.45, 7) is 4.08. The van der Waals surface area contributed by atoms with Crippen LogP contribution in [0.3, 0.4) is 0 Å².